The molecule has 2 bridgehead atoms. The molecule has 6 rings (SSSR count). The summed E-state index contributed by atoms with van der Waals surface area (Å²) in [4.78, 5) is 29.9. The van der Waals surface area contributed by atoms with E-state index in [2.05, 4.69) is 20.3 Å². The number of rotatable bonds is 9. The number of nitrogens with zero attached hydrogens (tertiary/aromatic N) is 1. The summed E-state index contributed by atoms with van der Waals surface area (Å²) in [5.41, 5.74) is 1.02. The number of pyridine rings is 1. The van der Waals surface area contributed by atoms with Crippen LogP contribution in [0.2, 0.25) is 0 Å². The molecule has 3 saturated carbocycles. The number of carbonyl (C=O) groups is 2. The van der Waals surface area contributed by atoms with Crippen LogP contribution in [0.15, 0.2) is 78.0 Å². The van der Waals surface area contributed by atoms with E-state index in [0.29, 0.717) is 11.6 Å². The first-order chi connectivity index (χ1) is 17.2. The largest absolute Gasteiger partial charge is 0.340 e. The Labute approximate surface area is 208 Å². The van der Waals surface area contributed by atoms with Crippen molar-refractivity contribution in [3.05, 3.63) is 89.9 Å². The van der Waals surface area contributed by atoms with Crippen molar-refractivity contribution in [2.75, 3.05) is 5.32 Å². The van der Waals surface area contributed by atoms with E-state index in [0.717, 1.165) is 24.8 Å². The molecule has 2 amide bonds. The summed E-state index contributed by atoms with van der Waals surface area (Å²) in [5.74, 6) is -0.864. The molecule has 186 valence electrons. The predicted molar refractivity (Wildman–Crippen MR) is 131 cm³/mol. The van der Waals surface area contributed by atoms with E-state index in [9.17, 15) is 22.4 Å². The van der Waals surface area contributed by atoms with Gasteiger partial charge in [-0.3, -0.25) is 9.59 Å². The van der Waals surface area contributed by atoms with Gasteiger partial charge in [-0.2, -0.15) is 0 Å². The first kappa shape index (κ1) is 24.1. The van der Waals surface area contributed by atoms with Crippen LogP contribution in [-0.4, -0.2) is 36.8 Å². The first-order valence-corrected chi connectivity index (χ1v) is 13.1. The summed E-state index contributed by atoms with van der Waals surface area (Å²) in [6.45, 7) is 0. The van der Waals surface area contributed by atoms with Crippen LogP contribution >= 0.6 is 0 Å². The maximum absolute atomic E-state index is 13.2. The molecule has 0 spiro atoms. The van der Waals surface area contributed by atoms with Crippen molar-refractivity contribution in [2.24, 2.45) is 5.92 Å². The average Bonchev–Trinajstić information content (AvgIpc) is 2.82. The molecule has 3 aliphatic rings. The molecule has 1 heterocycles. The molecule has 3 N–H and O–H groups in total. The third-order valence-corrected chi connectivity index (χ3v) is 8.17. The SMILES string of the molecule is O=C(N[C@@H](Cc1ccccc1)C(=O)Nc1ccc(S(=O)(=O)NC23CC(C2)C3)nc1)c1ccc(F)cc1. The minimum Gasteiger partial charge on any atom is -0.340 e. The Morgan fingerprint density at radius 2 is 1.69 bits per heavy atom. The van der Waals surface area contributed by atoms with Gasteiger partial charge in [0.25, 0.3) is 15.9 Å². The van der Waals surface area contributed by atoms with Crippen molar-refractivity contribution in [2.45, 2.75) is 42.3 Å². The number of hydrogen-bond donors (Lipinski definition) is 3. The highest BCUT2D eigenvalue weighted by Gasteiger charge is 2.58. The second-order valence-electron chi connectivity index (χ2n) is 9.46. The van der Waals surface area contributed by atoms with Crippen LogP contribution in [0.5, 0.6) is 0 Å². The minimum absolute atomic E-state index is 0.115. The molecule has 1 atom stereocenters. The van der Waals surface area contributed by atoms with Crippen LogP contribution in [-0.2, 0) is 21.2 Å². The third kappa shape index (κ3) is 5.14. The second kappa shape index (κ2) is 9.44. The number of sulfonamides is 1. The Hall–Kier alpha value is -3.63. The first-order valence-electron chi connectivity index (χ1n) is 11.6. The van der Waals surface area contributed by atoms with Crippen LogP contribution in [0.1, 0.15) is 35.2 Å². The number of anilines is 1. The smallest absolute Gasteiger partial charge is 0.258 e. The molecule has 0 aliphatic heterocycles. The summed E-state index contributed by atoms with van der Waals surface area (Å²) in [7, 11) is -3.75. The Balaban J connectivity index is 1.28. The number of amides is 2. The van der Waals surface area contributed by atoms with Crippen LogP contribution in [0.3, 0.4) is 0 Å². The Morgan fingerprint density at radius 3 is 2.28 bits per heavy atom. The number of benzene rings is 2. The van der Waals surface area contributed by atoms with E-state index in [-0.39, 0.29) is 22.5 Å². The second-order valence-corrected chi connectivity index (χ2v) is 11.1. The van der Waals surface area contributed by atoms with Gasteiger partial charge in [-0.15, -0.1) is 0 Å². The lowest BCUT2D eigenvalue weighted by molar-refractivity contribution is -0.118. The fourth-order valence-electron chi connectivity index (χ4n) is 4.69. The highest BCUT2D eigenvalue weighted by Crippen LogP contribution is 2.57. The van der Waals surface area contributed by atoms with E-state index in [4.69, 9.17) is 0 Å². The van der Waals surface area contributed by atoms with Gasteiger partial charge in [0.1, 0.15) is 11.9 Å². The average molecular weight is 509 g/mol. The number of halogens is 1. The van der Waals surface area contributed by atoms with Gasteiger partial charge in [-0.25, -0.2) is 22.5 Å². The monoisotopic (exact) mass is 508 g/mol. The Morgan fingerprint density at radius 1 is 1.00 bits per heavy atom. The van der Waals surface area contributed by atoms with Crippen molar-refractivity contribution in [1.29, 1.82) is 0 Å². The summed E-state index contributed by atoms with van der Waals surface area (Å²) < 4.78 is 41.3. The van der Waals surface area contributed by atoms with Gasteiger partial charge < -0.3 is 10.6 Å². The Kier molecular flexibility index (Phi) is 6.31. The molecular weight excluding hydrogens is 483 g/mol. The van der Waals surface area contributed by atoms with Crippen molar-refractivity contribution < 1.29 is 22.4 Å². The maximum atomic E-state index is 13.2. The van der Waals surface area contributed by atoms with Gasteiger partial charge in [0.2, 0.25) is 5.91 Å². The molecule has 1 aromatic heterocycles. The molecule has 3 aliphatic carbocycles. The van der Waals surface area contributed by atoms with Crippen LogP contribution in [0.25, 0.3) is 0 Å². The molecule has 8 nitrogen and oxygen atoms in total. The van der Waals surface area contributed by atoms with E-state index in [1.165, 1.54) is 42.6 Å². The quantitative estimate of drug-likeness (QED) is 0.411. The van der Waals surface area contributed by atoms with E-state index < -0.39 is 33.7 Å². The molecule has 2 aromatic carbocycles. The van der Waals surface area contributed by atoms with Gasteiger partial charge in [0.15, 0.2) is 5.03 Å². The lowest BCUT2D eigenvalue weighted by Crippen LogP contribution is -2.68. The zero-order valence-electron chi connectivity index (χ0n) is 19.3. The number of hydrogen-bond acceptors (Lipinski definition) is 5. The standard InChI is InChI=1S/C26H25FN4O4S/c27-20-8-6-19(7-9-20)24(32)30-22(12-17-4-2-1-3-5-17)25(33)29-21-10-11-23(28-16-21)36(34,35)31-26-13-18(14-26)15-26/h1-11,16,18,22,31H,12-15H2,(H,29,33)(H,30,32)/t18?,22-,26?/m0/s1. The molecule has 36 heavy (non-hydrogen) atoms. The Bertz CT molecular complexity index is 1360. The van der Waals surface area contributed by atoms with Gasteiger partial charge in [-0.05, 0) is 67.1 Å². The molecule has 3 fully saturated rings. The van der Waals surface area contributed by atoms with Gasteiger partial charge in [0.05, 0.1) is 11.9 Å². The number of aromatic nitrogens is 1. The molecule has 0 radical (unpaired) electrons. The van der Waals surface area contributed by atoms with Crippen LogP contribution in [0.4, 0.5) is 10.1 Å². The van der Waals surface area contributed by atoms with Crippen molar-refractivity contribution in [3.63, 3.8) is 0 Å². The summed E-state index contributed by atoms with van der Waals surface area (Å²) >= 11 is 0. The zero-order valence-corrected chi connectivity index (χ0v) is 20.1. The van der Waals surface area contributed by atoms with Crippen molar-refractivity contribution in [3.8, 4) is 0 Å². The summed E-state index contributed by atoms with van der Waals surface area (Å²) in [6.07, 6.45) is 4.09. The minimum atomic E-state index is -3.75. The maximum Gasteiger partial charge on any atom is 0.258 e. The predicted octanol–water partition coefficient (Wildman–Crippen LogP) is 3.03. The lowest BCUT2D eigenvalue weighted by atomic mass is 9.50. The number of nitrogens with one attached hydrogen (secondary N) is 3. The summed E-state index contributed by atoms with van der Waals surface area (Å²) in [5, 5.41) is 5.28. The molecule has 10 heteroatoms. The lowest BCUT2D eigenvalue weighted by Gasteiger charge is -2.61. The fourth-order valence-corrected chi connectivity index (χ4v) is 6.05. The molecular formula is C26H25FN4O4S. The molecule has 3 aromatic rings. The van der Waals surface area contributed by atoms with Crippen LogP contribution < -0.4 is 15.4 Å². The number of carbonyl (C=O) groups excluding carboxylic acids is 2. The van der Waals surface area contributed by atoms with E-state index in [1.807, 2.05) is 30.3 Å². The van der Waals surface area contributed by atoms with E-state index in [1.54, 1.807) is 0 Å². The fraction of sp³-hybridized carbons (Fsp3) is 0.269. The topological polar surface area (TPSA) is 117 Å². The normalized spacial score (nSPS) is 21.0. The van der Waals surface area contributed by atoms with Gasteiger partial charge >= 0.3 is 0 Å². The van der Waals surface area contributed by atoms with Crippen LogP contribution in [0, 0.1) is 11.7 Å². The van der Waals surface area contributed by atoms with Gasteiger partial charge in [0, 0.05) is 17.5 Å². The highest BCUT2D eigenvalue weighted by molar-refractivity contribution is 7.89. The third-order valence-electron chi connectivity index (χ3n) is 6.68. The van der Waals surface area contributed by atoms with Gasteiger partial charge in [-0.1, -0.05) is 30.3 Å². The highest BCUT2D eigenvalue weighted by atomic mass is 32.2. The van der Waals surface area contributed by atoms with Crippen molar-refractivity contribution >= 4 is 27.5 Å². The van der Waals surface area contributed by atoms with Crippen molar-refractivity contribution in [1.82, 2.24) is 15.0 Å². The molecule has 0 unspecified atom stereocenters. The molecule has 0 saturated heterocycles. The van der Waals surface area contributed by atoms with E-state index >= 15 is 0 Å². The zero-order chi connectivity index (χ0) is 25.3. The summed E-state index contributed by atoms with van der Waals surface area (Å²) in [6, 6.07) is 16.1.